The number of likely N-dealkylation sites (tertiary alicyclic amines) is 1. The molecule has 0 amide bonds. The highest BCUT2D eigenvalue weighted by Gasteiger charge is 2.38. The molecule has 10 heteroatoms. The number of rotatable bonds is 7. The van der Waals surface area contributed by atoms with Gasteiger partial charge in [-0.3, -0.25) is 0 Å². The highest BCUT2D eigenvalue weighted by Crippen LogP contribution is 2.35. The highest BCUT2D eigenvalue weighted by molar-refractivity contribution is 6.35. The summed E-state index contributed by atoms with van der Waals surface area (Å²) in [7, 11) is 0. The molecule has 0 spiro atoms. The molecule has 1 aromatic carbocycles. The SMILES string of the molecule is CC(c1ccc(Cl)cc1Cl)n1nc(C#N)c2ncc(N3CC([C@H]4CCN(CCCO)C4)C3)nc21. The van der Waals surface area contributed by atoms with Crippen LogP contribution in [0.1, 0.15) is 37.1 Å². The van der Waals surface area contributed by atoms with Gasteiger partial charge in [0.05, 0.1) is 12.2 Å². The number of anilines is 1. The van der Waals surface area contributed by atoms with Crippen molar-refractivity contribution in [3.8, 4) is 6.07 Å². The number of halogens is 2. The van der Waals surface area contributed by atoms with Gasteiger partial charge in [-0.25, -0.2) is 14.6 Å². The van der Waals surface area contributed by atoms with Gasteiger partial charge >= 0.3 is 0 Å². The van der Waals surface area contributed by atoms with Crippen LogP contribution in [0.25, 0.3) is 11.2 Å². The summed E-state index contributed by atoms with van der Waals surface area (Å²) in [5, 5.41) is 24.3. The van der Waals surface area contributed by atoms with Crippen molar-refractivity contribution in [2.75, 3.05) is 44.2 Å². The largest absolute Gasteiger partial charge is 0.396 e. The average Bonchev–Trinajstić information content (AvgIpc) is 3.40. The first-order valence-corrected chi connectivity index (χ1v) is 12.4. The predicted octanol–water partition coefficient (Wildman–Crippen LogP) is 3.75. The minimum atomic E-state index is -0.244. The summed E-state index contributed by atoms with van der Waals surface area (Å²) in [4.78, 5) is 14.1. The Morgan fingerprint density at radius 2 is 2.06 bits per heavy atom. The number of aliphatic hydroxyl groups excluding tert-OH is 1. The zero-order valence-corrected chi connectivity index (χ0v) is 20.5. The standard InChI is InChI=1S/C24H27Cl2N7O/c1-15(19-4-3-18(25)9-20(19)26)33-24-23(21(10-27)30-33)28-11-22(29-24)32-13-17(14-32)16-5-7-31(12-16)6-2-8-34/h3-4,9,11,15-17,34H,2,5-8,12-14H2,1H3/t15?,16-/m0/s1. The lowest BCUT2D eigenvalue weighted by molar-refractivity contribution is 0.226. The number of nitriles is 1. The van der Waals surface area contributed by atoms with Gasteiger partial charge in [0.1, 0.15) is 17.4 Å². The van der Waals surface area contributed by atoms with Crippen LogP contribution in [-0.4, -0.2) is 69.1 Å². The van der Waals surface area contributed by atoms with Gasteiger partial charge in [0.2, 0.25) is 0 Å². The number of aromatic nitrogens is 4. The van der Waals surface area contributed by atoms with E-state index in [-0.39, 0.29) is 18.3 Å². The van der Waals surface area contributed by atoms with E-state index < -0.39 is 0 Å². The number of aliphatic hydroxyl groups is 1. The average molecular weight is 500 g/mol. The van der Waals surface area contributed by atoms with Gasteiger partial charge in [-0.2, -0.15) is 10.4 Å². The zero-order chi connectivity index (χ0) is 23.8. The topological polar surface area (TPSA) is 94.1 Å². The third kappa shape index (κ3) is 4.34. The number of hydrogen-bond acceptors (Lipinski definition) is 7. The zero-order valence-electron chi connectivity index (χ0n) is 19.0. The molecule has 178 valence electrons. The van der Waals surface area contributed by atoms with Crippen molar-refractivity contribution in [3.63, 3.8) is 0 Å². The van der Waals surface area contributed by atoms with Crippen LogP contribution < -0.4 is 4.90 Å². The van der Waals surface area contributed by atoms with Crippen molar-refractivity contribution in [1.82, 2.24) is 24.6 Å². The molecule has 2 aliphatic rings. The lowest BCUT2D eigenvalue weighted by Gasteiger charge is -2.43. The fourth-order valence-corrected chi connectivity index (χ4v) is 5.68. The molecular formula is C24H27Cl2N7O. The van der Waals surface area contributed by atoms with Crippen LogP contribution in [0.3, 0.4) is 0 Å². The summed E-state index contributed by atoms with van der Waals surface area (Å²) in [6.45, 7) is 7.35. The maximum absolute atomic E-state index is 9.59. The third-order valence-corrected chi connectivity index (χ3v) is 7.68. The molecule has 8 nitrogen and oxygen atoms in total. The second-order valence-electron chi connectivity index (χ2n) is 9.24. The van der Waals surface area contributed by atoms with E-state index in [1.807, 2.05) is 13.0 Å². The van der Waals surface area contributed by atoms with Gasteiger partial charge < -0.3 is 14.9 Å². The van der Waals surface area contributed by atoms with Crippen LogP contribution in [-0.2, 0) is 0 Å². The minimum absolute atomic E-state index is 0.244. The third-order valence-electron chi connectivity index (χ3n) is 7.12. The molecule has 1 unspecified atom stereocenters. The van der Waals surface area contributed by atoms with Crippen molar-refractivity contribution in [1.29, 1.82) is 5.26 Å². The number of fused-ring (bicyclic) bond motifs is 1. The Balaban J connectivity index is 1.35. The van der Waals surface area contributed by atoms with E-state index in [2.05, 4.69) is 26.0 Å². The minimum Gasteiger partial charge on any atom is -0.396 e. The Hall–Kier alpha value is -2.44. The summed E-state index contributed by atoms with van der Waals surface area (Å²) >= 11 is 12.5. The molecule has 4 heterocycles. The van der Waals surface area contributed by atoms with E-state index in [1.54, 1.807) is 23.0 Å². The Morgan fingerprint density at radius 1 is 1.24 bits per heavy atom. The first-order valence-electron chi connectivity index (χ1n) is 11.7. The molecule has 34 heavy (non-hydrogen) atoms. The monoisotopic (exact) mass is 499 g/mol. The maximum atomic E-state index is 9.59. The van der Waals surface area contributed by atoms with Crippen molar-refractivity contribution >= 4 is 40.2 Å². The Bertz CT molecular complexity index is 1230. The van der Waals surface area contributed by atoms with Gasteiger partial charge in [-0.1, -0.05) is 29.3 Å². The van der Waals surface area contributed by atoms with Gasteiger partial charge in [0, 0.05) is 42.8 Å². The quantitative estimate of drug-likeness (QED) is 0.528. The molecule has 0 saturated carbocycles. The first-order chi connectivity index (χ1) is 16.5. The van der Waals surface area contributed by atoms with E-state index in [9.17, 15) is 5.26 Å². The maximum Gasteiger partial charge on any atom is 0.190 e. The number of hydrogen-bond donors (Lipinski definition) is 1. The smallest absolute Gasteiger partial charge is 0.190 e. The molecular weight excluding hydrogens is 473 g/mol. The second kappa shape index (κ2) is 9.67. The van der Waals surface area contributed by atoms with Crippen molar-refractivity contribution < 1.29 is 5.11 Å². The molecule has 2 aliphatic heterocycles. The summed E-state index contributed by atoms with van der Waals surface area (Å²) in [5.74, 6) is 2.14. The van der Waals surface area contributed by atoms with E-state index >= 15 is 0 Å². The molecule has 2 aromatic heterocycles. The summed E-state index contributed by atoms with van der Waals surface area (Å²) < 4.78 is 1.73. The molecule has 3 aromatic rings. The van der Waals surface area contributed by atoms with E-state index in [0.29, 0.717) is 33.0 Å². The highest BCUT2D eigenvalue weighted by atomic mass is 35.5. The summed E-state index contributed by atoms with van der Waals surface area (Å²) in [6.07, 6.45) is 3.80. The molecule has 1 N–H and O–H groups in total. The van der Waals surface area contributed by atoms with E-state index in [4.69, 9.17) is 33.3 Å². The second-order valence-corrected chi connectivity index (χ2v) is 10.1. The first kappa shape index (κ1) is 23.3. The molecule has 0 aliphatic carbocycles. The Morgan fingerprint density at radius 3 is 2.79 bits per heavy atom. The molecule has 0 radical (unpaired) electrons. The Labute approximate surface area is 208 Å². The van der Waals surface area contributed by atoms with Gasteiger partial charge in [0.15, 0.2) is 11.3 Å². The fraction of sp³-hybridized carbons (Fsp3) is 0.500. The predicted molar refractivity (Wildman–Crippen MR) is 132 cm³/mol. The van der Waals surface area contributed by atoms with E-state index in [0.717, 1.165) is 50.5 Å². The molecule has 2 saturated heterocycles. The van der Waals surface area contributed by atoms with Crippen LogP contribution in [0.4, 0.5) is 5.82 Å². The summed E-state index contributed by atoms with van der Waals surface area (Å²) in [6, 6.07) is 7.26. The van der Waals surface area contributed by atoms with Gasteiger partial charge in [-0.15, -0.1) is 0 Å². The normalized spacial score (nSPS) is 20.0. The van der Waals surface area contributed by atoms with Crippen LogP contribution >= 0.6 is 23.2 Å². The van der Waals surface area contributed by atoms with E-state index in [1.165, 1.54) is 6.42 Å². The van der Waals surface area contributed by atoms with Gasteiger partial charge in [0.25, 0.3) is 0 Å². The summed E-state index contributed by atoms with van der Waals surface area (Å²) in [5.41, 5.74) is 2.17. The molecule has 2 atom stereocenters. The van der Waals surface area contributed by atoms with Gasteiger partial charge in [-0.05, 0) is 55.8 Å². The Kier molecular flexibility index (Phi) is 6.63. The van der Waals surface area contributed by atoms with Crippen molar-refractivity contribution in [3.05, 3.63) is 45.7 Å². The van der Waals surface area contributed by atoms with Crippen LogP contribution in [0.2, 0.25) is 10.0 Å². The van der Waals surface area contributed by atoms with Crippen molar-refractivity contribution in [2.45, 2.75) is 25.8 Å². The fourth-order valence-electron chi connectivity index (χ4n) is 5.11. The lowest BCUT2D eigenvalue weighted by Crippen LogP contribution is -2.51. The van der Waals surface area contributed by atoms with Crippen LogP contribution in [0.15, 0.2) is 24.4 Å². The molecule has 5 rings (SSSR count). The molecule has 0 bridgehead atoms. The van der Waals surface area contributed by atoms with Crippen molar-refractivity contribution in [2.24, 2.45) is 11.8 Å². The number of nitrogens with zero attached hydrogens (tertiary/aromatic N) is 7. The van der Waals surface area contributed by atoms with Crippen LogP contribution in [0.5, 0.6) is 0 Å². The van der Waals surface area contributed by atoms with Crippen LogP contribution in [0, 0.1) is 23.2 Å². The lowest BCUT2D eigenvalue weighted by atomic mass is 9.85. The molecule has 2 fully saturated rings. The number of benzene rings is 1.